The first-order valence-electron chi connectivity index (χ1n) is 8.60. The van der Waals surface area contributed by atoms with Crippen molar-refractivity contribution in [2.45, 2.75) is 32.2 Å². The van der Waals surface area contributed by atoms with Crippen LogP contribution in [0.2, 0.25) is 0 Å². The number of hydrogen-bond donors (Lipinski definition) is 2. The molecule has 0 saturated heterocycles. The average Bonchev–Trinajstić information content (AvgIpc) is 2.97. The molecule has 2 heterocycles. The van der Waals surface area contributed by atoms with Gasteiger partial charge in [-0.15, -0.1) is 0 Å². The Balaban J connectivity index is 1.79. The third-order valence-corrected chi connectivity index (χ3v) is 4.96. The summed E-state index contributed by atoms with van der Waals surface area (Å²) in [6, 6.07) is 11.0. The van der Waals surface area contributed by atoms with Crippen molar-refractivity contribution in [3.8, 4) is 0 Å². The van der Waals surface area contributed by atoms with Crippen molar-refractivity contribution in [3.63, 3.8) is 0 Å². The van der Waals surface area contributed by atoms with Gasteiger partial charge in [0.1, 0.15) is 0 Å². The Bertz CT molecular complexity index is 824. The summed E-state index contributed by atoms with van der Waals surface area (Å²) >= 11 is 0. The van der Waals surface area contributed by atoms with Gasteiger partial charge in [0.15, 0.2) is 0 Å². The van der Waals surface area contributed by atoms with Gasteiger partial charge in [0.2, 0.25) is 0 Å². The van der Waals surface area contributed by atoms with E-state index in [4.69, 9.17) is 0 Å². The molecule has 2 atom stereocenters. The number of aryl methyl sites for hydroxylation is 1. The number of nitrogens with one attached hydrogen (secondary N) is 2. The molecule has 122 valence electrons. The van der Waals surface area contributed by atoms with Gasteiger partial charge >= 0.3 is 0 Å². The highest BCUT2D eigenvalue weighted by Crippen LogP contribution is 2.37. The normalized spacial score (nSPS) is 25.4. The molecule has 3 nitrogen and oxygen atoms in total. The topological polar surface area (TPSA) is 40.7 Å². The highest BCUT2D eigenvalue weighted by atomic mass is 15.1. The summed E-state index contributed by atoms with van der Waals surface area (Å²) < 4.78 is 0. The van der Waals surface area contributed by atoms with Crippen LogP contribution in [0.15, 0.2) is 59.7 Å². The molecule has 2 N–H and O–H groups in total. The third kappa shape index (κ3) is 2.76. The lowest BCUT2D eigenvalue weighted by molar-refractivity contribution is 0.588. The van der Waals surface area contributed by atoms with Crippen molar-refractivity contribution >= 4 is 6.08 Å². The van der Waals surface area contributed by atoms with Gasteiger partial charge < -0.3 is 5.32 Å². The monoisotopic (exact) mass is 317 g/mol. The Morgan fingerprint density at radius 1 is 1.12 bits per heavy atom. The fraction of sp³-hybridized carbons (Fsp3) is 0.286. The maximum atomic E-state index is 4.61. The number of benzene rings is 1. The molecule has 2 bridgehead atoms. The number of hydrogen-bond acceptors (Lipinski definition) is 2. The first-order valence-corrected chi connectivity index (χ1v) is 8.60. The standard InChI is InChI=1S/C21H23N3/c1-14-11-19-15(2)23-24-21(19)18-10-6-9-17(12-18)20(22-13-14)16-7-4-3-5-8-16/h3-11,18,20,22H,12-13H2,1-2H3,(H,23,24)/b14-11+. The molecule has 1 aliphatic carbocycles. The van der Waals surface area contributed by atoms with E-state index in [0.29, 0.717) is 5.92 Å². The predicted octanol–water partition coefficient (Wildman–Crippen LogP) is 4.44. The minimum Gasteiger partial charge on any atom is -0.303 e. The number of fused-ring (bicyclic) bond motifs is 4. The number of H-pyrrole nitrogens is 1. The molecule has 0 radical (unpaired) electrons. The van der Waals surface area contributed by atoms with E-state index in [0.717, 1.165) is 18.7 Å². The Morgan fingerprint density at radius 3 is 2.79 bits per heavy atom. The number of rotatable bonds is 1. The van der Waals surface area contributed by atoms with Crippen LogP contribution in [0, 0.1) is 6.92 Å². The van der Waals surface area contributed by atoms with E-state index >= 15 is 0 Å². The van der Waals surface area contributed by atoms with Crippen molar-refractivity contribution in [1.82, 2.24) is 15.5 Å². The second-order valence-corrected chi connectivity index (χ2v) is 6.80. The Labute approximate surface area is 143 Å². The summed E-state index contributed by atoms with van der Waals surface area (Å²) in [6.45, 7) is 5.16. The van der Waals surface area contributed by atoms with E-state index in [-0.39, 0.29) is 6.04 Å². The van der Waals surface area contributed by atoms with Crippen LogP contribution in [0.1, 0.15) is 47.8 Å². The molecule has 24 heavy (non-hydrogen) atoms. The molecule has 1 aromatic carbocycles. The average molecular weight is 317 g/mol. The number of aromatic nitrogens is 2. The van der Waals surface area contributed by atoms with E-state index in [1.807, 2.05) is 0 Å². The van der Waals surface area contributed by atoms with Gasteiger partial charge in [0, 0.05) is 23.7 Å². The van der Waals surface area contributed by atoms with Crippen LogP contribution in [-0.2, 0) is 0 Å². The highest BCUT2D eigenvalue weighted by molar-refractivity contribution is 5.59. The summed E-state index contributed by atoms with van der Waals surface area (Å²) in [5, 5.41) is 11.5. The van der Waals surface area contributed by atoms with Gasteiger partial charge in [-0.3, -0.25) is 5.10 Å². The first-order chi connectivity index (χ1) is 11.7. The van der Waals surface area contributed by atoms with E-state index in [2.05, 4.69) is 84.0 Å². The van der Waals surface area contributed by atoms with Crippen LogP contribution >= 0.6 is 0 Å². The molecule has 2 unspecified atom stereocenters. The van der Waals surface area contributed by atoms with Gasteiger partial charge in [0.25, 0.3) is 0 Å². The lowest BCUT2D eigenvalue weighted by Crippen LogP contribution is -2.26. The largest absolute Gasteiger partial charge is 0.303 e. The van der Waals surface area contributed by atoms with Crippen molar-refractivity contribution in [2.24, 2.45) is 0 Å². The molecule has 0 spiro atoms. The Hall–Kier alpha value is -2.39. The highest BCUT2D eigenvalue weighted by Gasteiger charge is 2.26. The zero-order valence-electron chi connectivity index (χ0n) is 14.2. The predicted molar refractivity (Wildman–Crippen MR) is 98.7 cm³/mol. The van der Waals surface area contributed by atoms with Crippen LogP contribution in [0.5, 0.6) is 0 Å². The summed E-state index contributed by atoms with van der Waals surface area (Å²) in [5.74, 6) is 0.333. The SMILES string of the molecule is C/C1=C\c2c(n[nH]c2C)C2C=CC=C(C2)C(c2ccccc2)NC1. The molecular formula is C21H23N3. The second-order valence-electron chi connectivity index (χ2n) is 6.80. The molecule has 0 saturated carbocycles. The number of aromatic amines is 1. The van der Waals surface area contributed by atoms with Gasteiger partial charge in [-0.25, -0.2) is 0 Å². The Morgan fingerprint density at radius 2 is 1.96 bits per heavy atom. The molecule has 4 rings (SSSR count). The summed E-state index contributed by atoms with van der Waals surface area (Å²) in [6.07, 6.45) is 10.0. The van der Waals surface area contributed by atoms with E-state index < -0.39 is 0 Å². The van der Waals surface area contributed by atoms with Crippen LogP contribution in [0.25, 0.3) is 6.08 Å². The Kier molecular flexibility index (Phi) is 3.95. The third-order valence-electron chi connectivity index (χ3n) is 4.96. The molecular weight excluding hydrogens is 294 g/mol. The van der Waals surface area contributed by atoms with Crippen molar-refractivity contribution in [1.29, 1.82) is 0 Å². The minimum absolute atomic E-state index is 0.253. The smallest absolute Gasteiger partial charge is 0.0769 e. The molecule has 1 aliphatic heterocycles. The molecule has 0 amide bonds. The molecule has 0 fully saturated rings. The molecule has 3 heteroatoms. The van der Waals surface area contributed by atoms with Crippen molar-refractivity contribution < 1.29 is 0 Å². The zero-order valence-corrected chi connectivity index (χ0v) is 14.2. The molecule has 2 aliphatic rings. The summed E-state index contributed by atoms with van der Waals surface area (Å²) in [5.41, 5.74) is 7.64. The number of allylic oxidation sites excluding steroid dienone is 3. The quantitative estimate of drug-likeness (QED) is 0.816. The van der Waals surface area contributed by atoms with Gasteiger partial charge in [0.05, 0.1) is 11.7 Å². The van der Waals surface area contributed by atoms with E-state index in [1.54, 1.807) is 0 Å². The molecule has 2 aromatic rings. The molecule has 1 aromatic heterocycles. The van der Waals surface area contributed by atoms with E-state index in [1.165, 1.54) is 28.0 Å². The van der Waals surface area contributed by atoms with Crippen LogP contribution in [0.4, 0.5) is 0 Å². The van der Waals surface area contributed by atoms with Crippen LogP contribution < -0.4 is 5.32 Å². The maximum Gasteiger partial charge on any atom is 0.0769 e. The van der Waals surface area contributed by atoms with Gasteiger partial charge in [-0.2, -0.15) is 5.10 Å². The van der Waals surface area contributed by atoms with Crippen molar-refractivity contribution in [3.05, 3.63) is 82.2 Å². The van der Waals surface area contributed by atoms with Gasteiger partial charge in [-0.1, -0.05) is 60.2 Å². The lowest BCUT2D eigenvalue weighted by atomic mass is 9.83. The van der Waals surface area contributed by atoms with E-state index in [9.17, 15) is 0 Å². The number of nitrogens with zero attached hydrogens (tertiary/aromatic N) is 1. The lowest BCUT2D eigenvalue weighted by Gasteiger charge is -2.28. The maximum absolute atomic E-state index is 4.61. The first kappa shape index (κ1) is 15.2. The van der Waals surface area contributed by atoms with Crippen LogP contribution in [-0.4, -0.2) is 16.7 Å². The van der Waals surface area contributed by atoms with Crippen molar-refractivity contribution in [2.75, 3.05) is 6.54 Å². The van der Waals surface area contributed by atoms with Gasteiger partial charge in [-0.05, 0) is 31.4 Å². The summed E-state index contributed by atoms with van der Waals surface area (Å²) in [4.78, 5) is 0. The fourth-order valence-corrected chi connectivity index (χ4v) is 3.70. The second kappa shape index (κ2) is 6.25. The van der Waals surface area contributed by atoms with Crippen LogP contribution in [0.3, 0.4) is 0 Å². The zero-order chi connectivity index (χ0) is 16.5. The summed E-state index contributed by atoms with van der Waals surface area (Å²) in [7, 11) is 0. The minimum atomic E-state index is 0.253. The fourth-order valence-electron chi connectivity index (χ4n) is 3.70.